The van der Waals surface area contributed by atoms with Gasteiger partial charge in [0.15, 0.2) is 16.6 Å². The first kappa shape index (κ1) is 21.8. The second-order valence-corrected chi connectivity index (χ2v) is 8.46. The normalized spacial score (nSPS) is 10.7. The van der Waals surface area contributed by atoms with E-state index in [2.05, 4.69) is 20.4 Å². The molecular formula is C22H20N4O4S2. The number of benzene rings is 1. The Morgan fingerprint density at radius 3 is 2.78 bits per heavy atom. The number of anilines is 1. The van der Waals surface area contributed by atoms with E-state index in [1.807, 2.05) is 36.6 Å². The molecule has 0 radical (unpaired) electrons. The fourth-order valence-electron chi connectivity index (χ4n) is 2.93. The molecular weight excluding hydrogens is 448 g/mol. The molecule has 0 aliphatic rings. The Labute approximate surface area is 193 Å². The van der Waals surface area contributed by atoms with Gasteiger partial charge in [0.25, 0.3) is 5.91 Å². The van der Waals surface area contributed by atoms with Gasteiger partial charge in [0.05, 0.1) is 31.2 Å². The molecule has 0 spiro atoms. The van der Waals surface area contributed by atoms with E-state index < -0.39 is 0 Å². The fraction of sp³-hybridized carbons (Fsp3) is 0.182. The van der Waals surface area contributed by atoms with E-state index in [4.69, 9.17) is 14.0 Å². The quantitative estimate of drug-likeness (QED) is 0.358. The Morgan fingerprint density at radius 1 is 1.19 bits per heavy atom. The third-order valence-electron chi connectivity index (χ3n) is 4.45. The Morgan fingerprint density at radius 2 is 2.03 bits per heavy atom. The second kappa shape index (κ2) is 9.84. The minimum absolute atomic E-state index is 0.273. The molecule has 0 fully saturated rings. The maximum atomic E-state index is 12.9. The molecule has 0 saturated carbocycles. The van der Waals surface area contributed by atoms with Crippen LogP contribution in [0.2, 0.25) is 0 Å². The average Bonchev–Trinajstić information content (AvgIpc) is 3.46. The Hall–Kier alpha value is -3.37. The Balaban J connectivity index is 1.48. The van der Waals surface area contributed by atoms with Crippen LogP contribution in [0.3, 0.4) is 0 Å². The number of carbonyl (C=O) groups is 1. The minimum Gasteiger partial charge on any atom is -0.493 e. The largest absolute Gasteiger partial charge is 0.493 e. The summed E-state index contributed by atoms with van der Waals surface area (Å²) in [7, 11) is 3.17. The van der Waals surface area contributed by atoms with Crippen LogP contribution in [0.1, 0.15) is 21.8 Å². The average molecular weight is 469 g/mol. The van der Waals surface area contributed by atoms with E-state index in [-0.39, 0.29) is 5.91 Å². The van der Waals surface area contributed by atoms with Crippen LogP contribution in [-0.2, 0) is 5.75 Å². The number of methoxy groups -OCH3 is 2. The molecule has 0 saturated heterocycles. The molecule has 10 heteroatoms. The number of hydrogen-bond donors (Lipinski definition) is 1. The lowest BCUT2D eigenvalue weighted by atomic mass is 10.1. The summed E-state index contributed by atoms with van der Waals surface area (Å²) in [5.41, 5.74) is 2.86. The first-order valence-electron chi connectivity index (χ1n) is 9.56. The van der Waals surface area contributed by atoms with Gasteiger partial charge in [-0.25, -0.2) is 9.97 Å². The van der Waals surface area contributed by atoms with Gasteiger partial charge in [-0.15, -0.1) is 11.3 Å². The number of aromatic nitrogens is 3. The highest BCUT2D eigenvalue weighted by atomic mass is 32.2. The summed E-state index contributed by atoms with van der Waals surface area (Å²) in [6, 6.07) is 10.9. The number of amides is 1. The molecule has 8 nitrogen and oxygen atoms in total. The zero-order valence-electron chi connectivity index (χ0n) is 17.6. The van der Waals surface area contributed by atoms with Crippen LogP contribution in [0.5, 0.6) is 11.5 Å². The molecule has 0 aliphatic carbocycles. The van der Waals surface area contributed by atoms with E-state index in [1.54, 1.807) is 32.5 Å². The standard InChI is InChI=1S/C22H20N4O4S2/c1-13-9-15(26-30-13)11-31-21-16(5-4-8-23-21)20(27)25-22-24-17(12-32-22)14-6-7-18(28-2)19(10-14)29-3/h4-10,12H,11H2,1-3H3,(H,24,25,27). The van der Waals surface area contributed by atoms with Crippen LogP contribution in [0.15, 0.2) is 57.5 Å². The summed E-state index contributed by atoms with van der Waals surface area (Å²) in [5.74, 6) is 2.28. The zero-order valence-corrected chi connectivity index (χ0v) is 19.3. The molecule has 3 aromatic heterocycles. The van der Waals surface area contributed by atoms with Gasteiger partial charge in [-0.1, -0.05) is 16.9 Å². The van der Waals surface area contributed by atoms with Gasteiger partial charge in [-0.3, -0.25) is 10.1 Å². The first-order valence-corrected chi connectivity index (χ1v) is 11.4. The second-order valence-electron chi connectivity index (χ2n) is 6.64. The van der Waals surface area contributed by atoms with Gasteiger partial charge in [-0.2, -0.15) is 0 Å². The van der Waals surface area contributed by atoms with E-state index in [0.29, 0.717) is 33.0 Å². The van der Waals surface area contributed by atoms with E-state index in [1.165, 1.54) is 23.1 Å². The topological polar surface area (TPSA) is 99.4 Å². The summed E-state index contributed by atoms with van der Waals surface area (Å²) >= 11 is 2.77. The number of hydrogen-bond acceptors (Lipinski definition) is 9. The predicted molar refractivity (Wildman–Crippen MR) is 124 cm³/mol. The van der Waals surface area contributed by atoms with Crippen LogP contribution < -0.4 is 14.8 Å². The van der Waals surface area contributed by atoms with Gasteiger partial charge < -0.3 is 14.0 Å². The van der Waals surface area contributed by atoms with Crippen molar-refractivity contribution >= 4 is 34.1 Å². The summed E-state index contributed by atoms with van der Waals surface area (Å²) in [6.07, 6.45) is 1.66. The smallest absolute Gasteiger partial charge is 0.260 e. The molecule has 32 heavy (non-hydrogen) atoms. The molecule has 0 atom stereocenters. The fourth-order valence-corrected chi connectivity index (χ4v) is 4.52. The highest BCUT2D eigenvalue weighted by Gasteiger charge is 2.16. The molecule has 0 bridgehead atoms. The number of aryl methyl sites for hydroxylation is 1. The van der Waals surface area contributed by atoms with Crippen molar-refractivity contribution < 1.29 is 18.8 Å². The van der Waals surface area contributed by atoms with E-state index in [9.17, 15) is 4.79 Å². The number of thiazole rings is 1. The van der Waals surface area contributed by atoms with Crippen molar-refractivity contribution in [1.82, 2.24) is 15.1 Å². The number of nitrogens with zero attached hydrogens (tertiary/aromatic N) is 3. The minimum atomic E-state index is -0.273. The van der Waals surface area contributed by atoms with Crippen LogP contribution >= 0.6 is 23.1 Å². The molecule has 0 unspecified atom stereocenters. The molecule has 1 amide bonds. The van der Waals surface area contributed by atoms with Crippen LogP contribution in [0.4, 0.5) is 5.13 Å². The third-order valence-corrected chi connectivity index (χ3v) is 6.25. The molecule has 164 valence electrons. The van der Waals surface area contributed by atoms with Crippen LogP contribution in [0.25, 0.3) is 11.3 Å². The third kappa shape index (κ3) is 4.92. The lowest BCUT2D eigenvalue weighted by Gasteiger charge is -2.08. The molecule has 4 rings (SSSR count). The van der Waals surface area contributed by atoms with Crippen molar-refractivity contribution in [2.24, 2.45) is 0 Å². The number of rotatable bonds is 8. The highest BCUT2D eigenvalue weighted by molar-refractivity contribution is 7.98. The Kier molecular flexibility index (Phi) is 6.72. The number of nitrogens with one attached hydrogen (secondary N) is 1. The molecule has 4 aromatic rings. The van der Waals surface area contributed by atoms with Gasteiger partial charge in [0.2, 0.25) is 0 Å². The molecule has 1 N–H and O–H groups in total. The van der Waals surface area contributed by atoms with Crippen molar-refractivity contribution in [1.29, 1.82) is 0 Å². The van der Waals surface area contributed by atoms with Gasteiger partial charge in [0, 0.05) is 29.0 Å². The van der Waals surface area contributed by atoms with Crippen molar-refractivity contribution in [3.8, 4) is 22.8 Å². The van der Waals surface area contributed by atoms with E-state index in [0.717, 1.165) is 22.7 Å². The lowest BCUT2D eigenvalue weighted by Crippen LogP contribution is -2.13. The van der Waals surface area contributed by atoms with Gasteiger partial charge in [-0.05, 0) is 37.3 Å². The lowest BCUT2D eigenvalue weighted by molar-refractivity contribution is 0.102. The van der Waals surface area contributed by atoms with Crippen molar-refractivity contribution in [2.75, 3.05) is 19.5 Å². The van der Waals surface area contributed by atoms with Gasteiger partial charge >= 0.3 is 0 Å². The first-order chi connectivity index (χ1) is 15.6. The van der Waals surface area contributed by atoms with Crippen molar-refractivity contribution in [3.05, 3.63) is 65.0 Å². The number of carbonyl (C=O) groups excluding carboxylic acids is 1. The summed E-state index contributed by atoms with van der Waals surface area (Å²) < 4.78 is 15.7. The SMILES string of the molecule is COc1ccc(-c2csc(NC(=O)c3cccnc3SCc3cc(C)on3)n2)cc1OC. The zero-order chi connectivity index (χ0) is 22.5. The van der Waals surface area contributed by atoms with Crippen molar-refractivity contribution in [2.45, 2.75) is 17.7 Å². The number of thioether (sulfide) groups is 1. The molecule has 1 aromatic carbocycles. The molecule has 0 aliphatic heterocycles. The maximum Gasteiger partial charge on any atom is 0.260 e. The monoisotopic (exact) mass is 468 g/mol. The van der Waals surface area contributed by atoms with Crippen molar-refractivity contribution in [3.63, 3.8) is 0 Å². The highest BCUT2D eigenvalue weighted by Crippen LogP contribution is 2.33. The number of ether oxygens (including phenoxy) is 2. The summed E-state index contributed by atoms with van der Waals surface area (Å²) in [6.45, 7) is 1.84. The number of pyridine rings is 1. The van der Waals surface area contributed by atoms with Crippen LogP contribution in [-0.4, -0.2) is 35.3 Å². The molecule has 3 heterocycles. The maximum absolute atomic E-state index is 12.9. The van der Waals surface area contributed by atoms with Crippen LogP contribution in [0, 0.1) is 6.92 Å². The summed E-state index contributed by atoms with van der Waals surface area (Å²) in [4.78, 5) is 21.8. The summed E-state index contributed by atoms with van der Waals surface area (Å²) in [5, 5.41) is 9.83. The van der Waals surface area contributed by atoms with Gasteiger partial charge in [0.1, 0.15) is 10.8 Å². The van der Waals surface area contributed by atoms with E-state index >= 15 is 0 Å². The Bertz CT molecular complexity index is 1240. The predicted octanol–water partition coefficient (Wildman–Crippen LogP) is 5.06.